The fraction of sp³-hybridized carbons (Fsp3) is 0.375. The molecule has 0 unspecified atom stereocenters. The highest BCUT2D eigenvalue weighted by atomic mass is 79.9. The minimum atomic E-state index is 0.865. The summed E-state index contributed by atoms with van der Waals surface area (Å²) in [6, 6.07) is 1.97. The molecule has 0 spiro atoms. The smallest absolute Gasteiger partial charge is 0.140 e. The number of nitrogens with zero attached hydrogens (tertiary/aromatic N) is 1. The van der Waals surface area contributed by atoms with Crippen LogP contribution in [0, 0.1) is 0 Å². The predicted molar refractivity (Wildman–Crippen MR) is 62.1 cm³/mol. The third-order valence-electron chi connectivity index (χ3n) is 1.48. The van der Waals surface area contributed by atoms with Gasteiger partial charge < -0.3 is 10.6 Å². The van der Waals surface area contributed by atoms with E-state index in [0.29, 0.717) is 0 Å². The number of likely N-dealkylation sites (N-methyl/N-ethyl adjacent to an activating group) is 1. The van der Waals surface area contributed by atoms with Gasteiger partial charge >= 0.3 is 0 Å². The average molecular weight is 309 g/mol. The molecule has 1 aromatic rings. The van der Waals surface area contributed by atoms with Crippen LogP contribution in [0.1, 0.15) is 0 Å². The molecule has 0 radical (unpaired) electrons. The summed E-state index contributed by atoms with van der Waals surface area (Å²) < 4.78 is 1.94. The van der Waals surface area contributed by atoms with Crippen LogP contribution < -0.4 is 10.6 Å². The molecule has 1 heterocycles. The molecule has 2 N–H and O–H groups in total. The number of aromatic nitrogens is 1. The molecule has 13 heavy (non-hydrogen) atoms. The number of hydrogen-bond acceptors (Lipinski definition) is 3. The van der Waals surface area contributed by atoms with Crippen molar-refractivity contribution >= 4 is 37.7 Å². The van der Waals surface area contributed by atoms with Crippen LogP contribution in [-0.2, 0) is 0 Å². The van der Waals surface area contributed by atoms with Crippen molar-refractivity contribution in [3.8, 4) is 0 Å². The van der Waals surface area contributed by atoms with Crippen molar-refractivity contribution in [2.24, 2.45) is 0 Å². The lowest BCUT2D eigenvalue weighted by molar-refractivity contribution is 0.821. The van der Waals surface area contributed by atoms with Gasteiger partial charge in [-0.05, 0) is 45.0 Å². The van der Waals surface area contributed by atoms with Crippen LogP contribution >= 0.6 is 31.9 Å². The molecule has 1 rings (SSSR count). The fourth-order valence-corrected chi connectivity index (χ4v) is 1.98. The van der Waals surface area contributed by atoms with Gasteiger partial charge in [-0.3, -0.25) is 0 Å². The molecular formula is C8H11Br2N3. The Bertz CT molecular complexity index is 278. The molecule has 0 fully saturated rings. The molecule has 5 heteroatoms. The largest absolute Gasteiger partial charge is 0.368 e. The number of anilines is 1. The van der Waals surface area contributed by atoms with Crippen LogP contribution in [0.4, 0.5) is 5.82 Å². The molecule has 0 aliphatic heterocycles. The Balaban J connectivity index is 2.56. The number of hydrogen-bond donors (Lipinski definition) is 2. The van der Waals surface area contributed by atoms with Gasteiger partial charge in [0.2, 0.25) is 0 Å². The summed E-state index contributed by atoms with van der Waals surface area (Å²) in [5, 5.41) is 6.25. The second-order valence-corrected chi connectivity index (χ2v) is 4.28. The number of halogens is 2. The molecule has 3 nitrogen and oxygen atoms in total. The topological polar surface area (TPSA) is 37.0 Å². The zero-order valence-corrected chi connectivity index (χ0v) is 10.4. The molecule has 0 aromatic carbocycles. The Kier molecular flexibility index (Phi) is 4.69. The Morgan fingerprint density at radius 3 is 2.77 bits per heavy atom. The summed E-state index contributed by atoms with van der Waals surface area (Å²) in [7, 11) is 1.92. The van der Waals surface area contributed by atoms with Crippen molar-refractivity contribution in [3.05, 3.63) is 21.2 Å². The molecule has 0 bridgehead atoms. The van der Waals surface area contributed by atoms with Crippen molar-refractivity contribution in [1.82, 2.24) is 10.3 Å². The van der Waals surface area contributed by atoms with E-state index < -0.39 is 0 Å². The van der Waals surface area contributed by atoms with Crippen LogP contribution in [0.25, 0.3) is 0 Å². The predicted octanol–water partition coefficient (Wildman–Crippen LogP) is 2.24. The molecule has 0 amide bonds. The van der Waals surface area contributed by atoms with E-state index in [0.717, 1.165) is 27.9 Å². The zero-order valence-electron chi connectivity index (χ0n) is 7.27. The third-order valence-corrected chi connectivity index (χ3v) is 2.51. The average Bonchev–Trinajstić information content (AvgIpc) is 2.09. The summed E-state index contributed by atoms with van der Waals surface area (Å²) in [6.07, 6.45) is 1.77. The second kappa shape index (κ2) is 5.57. The highest BCUT2D eigenvalue weighted by molar-refractivity contribution is 9.11. The van der Waals surface area contributed by atoms with Gasteiger partial charge in [0.15, 0.2) is 0 Å². The van der Waals surface area contributed by atoms with E-state index in [1.807, 2.05) is 13.1 Å². The number of pyridine rings is 1. The van der Waals surface area contributed by atoms with Crippen molar-refractivity contribution < 1.29 is 0 Å². The van der Waals surface area contributed by atoms with Crippen LogP contribution in [-0.4, -0.2) is 25.1 Å². The van der Waals surface area contributed by atoms with Crippen molar-refractivity contribution in [2.75, 3.05) is 25.5 Å². The van der Waals surface area contributed by atoms with Gasteiger partial charge in [0.25, 0.3) is 0 Å². The normalized spacial score (nSPS) is 10.1. The summed E-state index contributed by atoms with van der Waals surface area (Å²) >= 11 is 6.77. The van der Waals surface area contributed by atoms with Crippen molar-refractivity contribution in [3.63, 3.8) is 0 Å². The first kappa shape index (κ1) is 10.9. The number of rotatable bonds is 4. The van der Waals surface area contributed by atoms with E-state index in [4.69, 9.17) is 0 Å². The lowest BCUT2D eigenvalue weighted by Gasteiger charge is -2.06. The van der Waals surface area contributed by atoms with Crippen LogP contribution in [0.15, 0.2) is 21.2 Å². The molecule has 0 saturated heterocycles. The lowest BCUT2D eigenvalue weighted by Crippen LogP contribution is -2.18. The summed E-state index contributed by atoms with van der Waals surface area (Å²) in [6.45, 7) is 1.79. The van der Waals surface area contributed by atoms with E-state index in [2.05, 4.69) is 47.5 Å². The lowest BCUT2D eigenvalue weighted by atomic mass is 10.4. The molecule has 0 aliphatic carbocycles. The van der Waals surface area contributed by atoms with E-state index in [9.17, 15) is 0 Å². The Morgan fingerprint density at radius 1 is 1.38 bits per heavy atom. The summed E-state index contributed by atoms with van der Waals surface area (Å²) in [4.78, 5) is 4.22. The third kappa shape index (κ3) is 3.62. The first-order chi connectivity index (χ1) is 6.24. The molecule has 72 valence electrons. The summed E-state index contributed by atoms with van der Waals surface area (Å²) in [5.41, 5.74) is 0. The Labute approximate surface area is 94.6 Å². The van der Waals surface area contributed by atoms with Gasteiger partial charge in [0, 0.05) is 23.8 Å². The van der Waals surface area contributed by atoms with E-state index in [-0.39, 0.29) is 0 Å². The molecule has 0 saturated carbocycles. The van der Waals surface area contributed by atoms with Gasteiger partial charge in [-0.1, -0.05) is 0 Å². The number of nitrogens with one attached hydrogen (secondary N) is 2. The first-order valence-electron chi connectivity index (χ1n) is 3.93. The molecule has 0 atom stereocenters. The standard InChI is InChI=1S/C8H11Br2N3/c1-11-2-3-12-8-7(10)4-6(9)5-13-8/h4-5,11H,2-3H2,1H3,(H,12,13). The Hall–Kier alpha value is -0.130. The highest BCUT2D eigenvalue weighted by Gasteiger charge is 1.99. The maximum absolute atomic E-state index is 4.22. The van der Waals surface area contributed by atoms with Crippen LogP contribution in [0.3, 0.4) is 0 Å². The quantitative estimate of drug-likeness (QED) is 0.838. The molecule has 1 aromatic heterocycles. The van der Waals surface area contributed by atoms with E-state index in [1.54, 1.807) is 6.20 Å². The maximum Gasteiger partial charge on any atom is 0.140 e. The SMILES string of the molecule is CNCCNc1ncc(Br)cc1Br. The van der Waals surface area contributed by atoms with E-state index >= 15 is 0 Å². The van der Waals surface area contributed by atoms with Gasteiger partial charge in [-0.2, -0.15) is 0 Å². The van der Waals surface area contributed by atoms with Crippen LogP contribution in [0.2, 0.25) is 0 Å². The second-order valence-electron chi connectivity index (χ2n) is 2.51. The minimum Gasteiger partial charge on any atom is -0.368 e. The highest BCUT2D eigenvalue weighted by Crippen LogP contribution is 2.22. The van der Waals surface area contributed by atoms with Gasteiger partial charge in [-0.25, -0.2) is 4.98 Å². The Morgan fingerprint density at radius 2 is 2.15 bits per heavy atom. The van der Waals surface area contributed by atoms with Crippen molar-refractivity contribution in [1.29, 1.82) is 0 Å². The zero-order chi connectivity index (χ0) is 9.68. The monoisotopic (exact) mass is 307 g/mol. The van der Waals surface area contributed by atoms with Gasteiger partial charge in [-0.15, -0.1) is 0 Å². The van der Waals surface area contributed by atoms with Gasteiger partial charge in [0.1, 0.15) is 5.82 Å². The fourth-order valence-electron chi connectivity index (χ4n) is 0.851. The summed E-state index contributed by atoms with van der Waals surface area (Å²) in [5.74, 6) is 0.874. The first-order valence-corrected chi connectivity index (χ1v) is 5.52. The van der Waals surface area contributed by atoms with Crippen LogP contribution in [0.5, 0.6) is 0 Å². The van der Waals surface area contributed by atoms with E-state index in [1.165, 1.54) is 0 Å². The molecule has 0 aliphatic rings. The molecular weight excluding hydrogens is 298 g/mol. The maximum atomic E-state index is 4.22. The van der Waals surface area contributed by atoms with Gasteiger partial charge in [0.05, 0.1) is 4.47 Å². The minimum absolute atomic E-state index is 0.865. The van der Waals surface area contributed by atoms with Crippen molar-refractivity contribution in [2.45, 2.75) is 0 Å².